The van der Waals surface area contributed by atoms with E-state index in [0.29, 0.717) is 29.0 Å². The fourth-order valence-corrected chi connectivity index (χ4v) is 3.47. The first kappa shape index (κ1) is 18.8. The average Bonchev–Trinajstić information content (AvgIpc) is 3.16. The van der Waals surface area contributed by atoms with Crippen LogP contribution in [0.1, 0.15) is 11.1 Å². The quantitative estimate of drug-likeness (QED) is 0.319. The average molecular weight is 403 g/mol. The van der Waals surface area contributed by atoms with Gasteiger partial charge in [0.05, 0.1) is 0 Å². The highest BCUT2D eigenvalue weighted by atomic mass is 32.2. The van der Waals surface area contributed by atoms with Gasteiger partial charge in [-0.1, -0.05) is 60.7 Å². The first-order chi connectivity index (χ1) is 14.2. The highest BCUT2D eigenvalue weighted by molar-refractivity contribution is 8.03. The number of carbonyl (C=O) groups is 1. The van der Waals surface area contributed by atoms with Gasteiger partial charge in [-0.2, -0.15) is 0 Å². The Hall–Kier alpha value is -3.51. The summed E-state index contributed by atoms with van der Waals surface area (Å²) in [5.74, 6) is -0.455. The molecule has 0 bridgehead atoms. The summed E-state index contributed by atoms with van der Waals surface area (Å²) in [5.41, 5.74) is 3.01. The molecule has 0 fully saturated rings. The third-order valence-electron chi connectivity index (χ3n) is 4.13. The molecule has 144 valence electrons. The van der Waals surface area contributed by atoms with Crippen LogP contribution in [0.3, 0.4) is 0 Å². The maximum atomic E-state index is 11.8. The molecule has 0 radical (unpaired) electrons. The minimum atomic E-state index is -1.06. The smallest absolute Gasteiger partial charge is 0.342 e. The maximum Gasteiger partial charge on any atom is 0.342 e. The van der Waals surface area contributed by atoms with Gasteiger partial charge >= 0.3 is 5.97 Å². The van der Waals surface area contributed by atoms with Gasteiger partial charge in [-0.05, 0) is 41.6 Å². The van der Waals surface area contributed by atoms with Crippen LogP contribution < -0.4 is 4.74 Å². The van der Waals surface area contributed by atoms with E-state index >= 15 is 0 Å². The topological polar surface area (TPSA) is 72.6 Å². The Labute approximate surface area is 171 Å². The third kappa shape index (κ3) is 4.67. The lowest BCUT2D eigenvalue weighted by atomic mass is 10.2. The number of rotatable bonds is 7. The molecule has 29 heavy (non-hydrogen) atoms. The number of aliphatic carboxylic acids is 1. The Kier molecular flexibility index (Phi) is 5.63. The van der Waals surface area contributed by atoms with Gasteiger partial charge < -0.3 is 14.3 Å². The minimum Gasteiger partial charge on any atom is -0.488 e. The van der Waals surface area contributed by atoms with Crippen LogP contribution in [0.2, 0.25) is 0 Å². The van der Waals surface area contributed by atoms with Crippen molar-refractivity contribution in [1.82, 2.24) is 4.98 Å². The predicted octanol–water partition coefficient (Wildman–Crippen LogP) is 5.62. The molecule has 1 aromatic heterocycles. The number of thioether (sulfide) groups is 1. The van der Waals surface area contributed by atoms with Crippen molar-refractivity contribution in [2.24, 2.45) is 0 Å². The highest BCUT2D eigenvalue weighted by Gasteiger charge is 2.16. The normalized spacial score (nSPS) is 11.5. The van der Waals surface area contributed by atoms with Crippen LogP contribution >= 0.6 is 11.8 Å². The van der Waals surface area contributed by atoms with E-state index in [1.807, 2.05) is 72.8 Å². The Morgan fingerprint density at radius 1 is 1.00 bits per heavy atom. The van der Waals surface area contributed by atoms with Crippen LogP contribution in [0, 0.1) is 0 Å². The summed E-state index contributed by atoms with van der Waals surface area (Å²) in [6.45, 7) is 0.395. The van der Waals surface area contributed by atoms with Gasteiger partial charge in [-0.3, -0.25) is 0 Å². The summed E-state index contributed by atoms with van der Waals surface area (Å²) >= 11 is 0.969. The monoisotopic (exact) mass is 403 g/mol. The molecular formula is C23H17NO4S. The molecule has 5 nitrogen and oxygen atoms in total. The van der Waals surface area contributed by atoms with E-state index in [-0.39, 0.29) is 10.1 Å². The molecule has 0 spiro atoms. The maximum absolute atomic E-state index is 11.8. The van der Waals surface area contributed by atoms with Crippen LogP contribution in [0.5, 0.6) is 5.75 Å². The summed E-state index contributed by atoms with van der Waals surface area (Å²) in [6.07, 6.45) is 1.57. The van der Waals surface area contributed by atoms with Crippen molar-refractivity contribution < 1.29 is 19.1 Å². The number of carboxylic acid groups (broad SMARTS) is 1. The molecule has 1 N–H and O–H groups in total. The van der Waals surface area contributed by atoms with Crippen LogP contribution in [-0.4, -0.2) is 16.1 Å². The molecule has 0 aliphatic carbocycles. The standard InChI is InChI=1S/C23H17NO4S/c25-22(26)21(29-23-24-18-11-5-7-13-20(18)28-23)14-17-10-4-6-12-19(17)27-15-16-8-2-1-3-9-16/h1-14H,15H2,(H,25,26)/b21-14-. The van der Waals surface area contributed by atoms with Crippen molar-refractivity contribution in [3.63, 3.8) is 0 Å². The number of ether oxygens (including phenoxy) is 1. The molecule has 0 amide bonds. The first-order valence-electron chi connectivity index (χ1n) is 8.93. The Morgan fingerprint density at radius 2 is 1.72 bits per heavy atom. The second kappa shape index (κ2) is 8.67. The number of nitrogens with zero attached hydrogens (tertiary/aromatic N) is 1. The number of benzene rings is 3. The molecule has 0 atom stereocenters. The zero-order valence-electron chi connectivity index (χ0n) is 15.3. The fraction of sp³-hybridized carbons (Fsp3) is 0.0435. The number of hydrogen-bond acceptors (Lipinski definition) is 5. The molecule has 0 saturated carbocycles. The van der Waals surface area contributed by atoms with Gasteiger partial charge in [0.1, 0.15) is 22.8 Å². The molecule has 0 saturated heterocycles. The van der Waals surface area contributed by atoms with Crippen molar-refractivity contribution in [1.29, 1.82) is 0 Å². The number of fused-ring (bicyclic) bond motifs is 1. The summed E-state index contributed by atoms with van der Waals surface area (Å²) in [6, 6.07) is 24.4. The minimum absolute atomic E-state index is 0.0901. The molecule has 0 aliphatic rings. The number of oxazole rings is 1. The Bertz CT molecular complexity index is 1130. The SMILES string of the molecule is O=C(O)/C(=C/c1ccccc1OCc1ccccc1)Sc1nc2ccccc2o1. The summed E-state index contributed by atoms with van der Waals surface area (Å²) in [5, 5.41) is 9.95. The lowest BCUT2D eigenvalue weighted by molar-refractivity contribution is -0.131. The lowest BCUT2D eigenvalue weighted by Crippen LogP contribution is -1.99. The van der Waals surface area contributed by atoms with Crippen LogP contribution in [0.25, 0.3) is 17.2 Å². The van der Waals surface area contributed by atoms with Crippen molar-refractivity contribution in [2.45, 2.75) is 11.8 Å². The molecule has 3 aromatic carbocycles. The van der Waals surface area contributed by atoms with Gasteiger partial charge in [0.15, 0.2) is 5.58 Å². The number of hydrogen-bond donors (Lipinski definition) is 1. The van der Waals surface area contributed by atoms with Gasteiger partial charge in [0, 0.05) is 5.56 Å². The molecule has 6 heteroatoms. The van der Waals surface area contributed by atoms with E-state index < -0.39 is 5.97 Å². The van der Waals surface area contributed by atoms with Crippen molar-refractivity contribution >= 4 is 34.9 Å². The Balaban J connectivity index is 1.59. The van der Waals surface area contributed by atoms with E-state index in [0.717, 1.165) is 17.3 Å². The van der Waals surface area contributed by atoms with Crippen LogP contribution in [0.15, 0.2) is 93.4 Å². The lowest BCUT2D eigenvalue weighted by Gasteiger charge is -2.10. The second-order valence-electron chi connectivity index (χ2n) is 6.18. The van der Waals surface area contributed by atoms with Crippen molar-refractivity contribution in [3.05, 3.63) is 94.9 Å². The first-order valence-corrected chi connectivity index (χ1v) is 9.75. The van der Waals surface area contributed by atoms with Crippen molar-refractivity contribution in [2.75, 3.05) is 0 Å². The zero-order valence-corrected chi connectivity index (χ0v) is 16.1. The van der Waals surface area contributed by atoms with Gasteiger partial charge in [0.2, 0.25) is 0 Å². The largest absolute Gasteiger partial charge is 0.488 e. The second-order valence-corrected chi connectivity index (χ2v) is 7.17. The molecule has 1 heterocycles. The fourth-order valence-electron chi connectivity index (χ4n) is 2.73. The van der Waals surface area contributed by atoms with Crippen molar-refractivity contribution in [3.8, 4) is 5.75 Å². The van der Waals surface area contributed by atoms with Crippen LogP contribution in [-0.2, 0) is 11.4 Å². The summed E-state index contributed by atoms with van der Waals surface area (Å²) < 4.78 is 11.6. The van der Waals surface area contributed by atoms with Gasteiger partial charge in [-0.15, -0.1) is 0 Å². The molecule has 4 aromatic rings. The molecular weight excluding hydrogens is 386 g/mol. The summed E-state index contributed by atoms with van der Waals surface area (Å²) in [4.78, 5) is 16.2. The highest BCUT2D eigenvalue weighted by Crippen LogP contribution is 2.32. The summed E-state index contributed by atoms with van der Waals surface area (Å²) in [7, 11) is 0. The predicted molar refractivity (Wildman–Crippen MR) is 113 cm³/mol. The molecule has 0 aliphatic heterocycles. The third-order valence-corrected chi connectivity index (χ3v) is 4.99. The zero-order chi connectivity index (χ0) is 20.1. The van der Waals surface area contributed by atoms with Gasteiger partial charge in [0.25, 0.3) is 5.22 Å². The number of para-hydroxylation sites is 3. The van der Waals surface area contributed by atoms with Gasteiger partial charge in [-0.25, -0.2) is 9.78 Å². The number of carboxylic acids is 1. The van der Waals surface area contributed by atoms with Crippen LogP contribution in [0.4, 0.5) is 0 Å². The van der Waals surface area contributed by atoms with E-state index in [9.17, 15) is 9.90 Å². The number of aromatic nitrogens is 1. The van der Waals surface area contributed by atoms with E-state index in [4.69, 9.17) is 9.15 Å². The molecule has 4 rings (SSSR count). The Morgan fingerprint density at radius 3 is 2.52 bits per heavy atom. The molecule has 0 unspecified atom stereocenters. The van der Waals surface area contributed by atoms with E-state index in [1.54, 1.807) is 12.1 Å². The van der Waals surface area contributed by atoms with E-state index in [1.165, 1.54) is 0 Å². The van der Waals surface area contributed by atoms with E-state index in [2.05, 4.69) is 4.98 Å².